The minimum Gasteiger partial charge on any atom is -0.369 e. The van der Waals surface area contributed by atoms with Crippen LogP contribution in [0.3, 0.4) is 0 Å². The number of piperazine rings is 1. The summed E-state index contributed by atoms with van der Waals surface area (Å²) in [6.07, 6.45) is 1.89. The van der Waals surface area contributed by atoms with Gasteiger partial charge in [-0.15, -0.1) is 0 Å². The lowest BCUT2D eigenvalue weighted by molar-refractivity contribution is 0.313. The Labute approximate surface area is 160 Å². The molecule has 3 aromatic rings. The molecule has 5 nitrogen and oxygen atoms in total. The highest BCUT2D eigenvalue weighted by Gasteiger charge is 2.14. The van der Waals surface area contributed by atoms with E-state index in [1.807, 2.05) is 6.20 Å². The third-order valence-corrected chi connectivity index (χ3v) is 5.40. The largest absolute Gasteiger partial charge is 0.369 e. The van der Waals surface area contributed by atoms with Gasteiger partial charge in [-0.25, -0.2) is 0 Å². The van der Waals surface area contributed by atoms with Gasteiger partial charge in [-0.05, 0) is 43.8 Å². The van der Waals surface area contributed by atoms with Crippen LogP contribution in [0.2, 0.25) is 0 Å². The monoisotopic (exact) mass is 361 g/mol. The molecule has 0 atom stereocenters. The molecule has 0 aliphatic carbocycles. The van der Waals surface area contributed by atoms with Gasteiger partial charge < -0.3 is 20.9 Å². The number of para-hydroxylation sites is 1. The Morgan fingerprint density at radius 3 is 2.48 bits per heavy atom. The summed E-state index contributed by atoms with van der Waals surface area (Å²) in [6.45, 7) is 6.93. The SMILES string of the molecule is Cc1cccc2c(Nc3ccc(N4CCN(C)CC4)cc3)c(CN)cnc12. The number of nitrogens with zero attached hydrogens (tertiary/aromatic N) is 3. The molecule has 2 aromatic carbocycles. The molecule has 0 bridgehead atoms. The number of anilines is 3. The second kappa shape index (κ2) is 7.55. The fraction of sp³-hybridized carbons (Fsp3) is 0.318. The molecule has 4 rings (SSSR count). The summed E-state index contributed by atoms with van der Waals surface area (Å²) in [5.74, 6) is 0. The van der Waals surface area contributed by atoms with Crippen molar-refractivity contribution in [1.29, 1.82) is 0 Å². The standard InChI is InChI=1S/C22H27N5/c1-16-4-3-5-20-21(16)24-15-17(14-23)22(20)25-18-6-8-19(9-7-18)27-12-10-26(2)11-13-27/h3-9,15H,10-14,23H2,1-2H3,(H,24,25). The molecule has 1 aliphatic heterocycles. The van der Waals surface area contributed by atoms with E-state index in [0.717, 1.165) is 54.0 Å². The van der Waals surface area contributed by atoms with E-state index in [9.17, 15) is 0 Å². The van der Waals surface area contributed by atoms with E-state index in [-0.39, 0.29) is 0 Å². The maximum atomic E-state index is 5.98. The molecule has 0 saturated carbocycles. The fourth-order valence-electron chi connectivity index (χ4n) is 3.68. The molecular formula is C22H27N5. The van der Waals surface area contributed by atoms with Gasteiger partial charge in [0.05, 0.1) is 11.2 Å². The predicted octanol–water partition coefficient (Wildman–Crippen LogP) is 3.50. The summed E-state index contributed by atoms with van der Waals surface area (Å²) >= 11 is 0. The van der Waals surface area contributed by atoms with Crippen LogP contribution in [-0.2, 0) is 6.54 Å². The average Bonchev–Trinajstić information content (AvgIpc) is 2.70. The molecule has 0 amide bonds. The van der Waals surface area contributed by atoms with Crippen LogP contribution < -0.4 is 16.0 Å². The molecule has 27 heavy (non-hydrogen) atoms. The van der Waals surface area contributed by atoms with Gasteiger partial charge in [0.25, 0.3) is 0 Å². The Hall–Kier alpha value is -2.63. The Bertz CT molecular complexity index is 927. The molecule has 0 spiro atoms. The smallest absolute Gasteiger partial charge is 0.0752 e. The number of hydrogen-bond acceptors (Lipinski definition) is 5. The van der Waals surface area contributed by atoms with Crippen LogP contribution in [0, 0.1) is 6.92 Å². The van der Waals surface area contributed by atoms with Gasteiger partial charge in [0.1, 0.15) is 0 Å². The highest BCUT2D eigenvalue weighted by atomic mass is 15.2. The number of pyridine rings is 1. The summed E-state index contributed by atoms with van der Waals surface area (Å²) in [4.78, 5) is 9.42. The van der Waals surface area contributed by atoms with E-state index >= 15 is 0 Å². The van der Waals surface area contributed by atoms with Gasteiger partial charge in [-0.3, -0.25) is 4.98 Å². The zero-order valence-corrected chi connectivity index (χ0v) is 16.1. The van der Waals surface area contributed by atoms with Crippen LogP contribution in [0.1, 0.15) is 11.1 Å². The van der Waals surface area contributed by atoms with Crippen molar-refractivity contribution in [1.82, 2.24) is 9.88 Å². The Balaban J connectivity index is 1.61. The Kier molecular flexibility index (Phi) is 4.97. The van der Waals surface area contributed by atoms with Crippen molar-refractivity contribution in [3.63, 3.8) is 0 Å². The Morgan fingerprint density at radius 2 is 1.78 bits per heavy atom. The lowest BCUT2D eigenvalue weighted by Crippen LogP contribution is -2.44. The van der Waals surface area contributed by atoms with E-state index < -0.39 is 0 Å². The summed E-state index contributed by atoms with van der Waals surface area (Å²) in [6, 6.07) is 15.0. The van der Waals surface area contributed by atoms with Crippen LogP contribution >= 0.6 is 0 Å². The van der Waals surface area contributed by atoms with Gasteiger partial charge >= 0.3 is 0 Å². The van der Waals surface area contributed by atoms with Crippen molar-refractivity contribution in [2.75, 3.05) is 43.4 Å². The summed E-state index contributed by atoms with van der Waals surface area (Å²) in [7, 11) is 2.18. The molecular weight excluding hydrogens is 334 g/mol. The molecule has 5 heteroatoms. The van der Waals surface area contributed by atoms with Crippen molar-refractivity contribution >= 4 is 28.0 Å². The van der Waals surface area contributed by atoms with Gasteiger partial charge in [0.15, 0.2) is 0 Å². The van der Waals surface area contributed by atoms with Gasteiger partial charge in [-0.2, -0.15) is 0 Å². The van der Waals surface area contributed by atoms with Crippen LogP contribution in [0.5, 0.6) is 0 Å². The van der Waals surface area contributed by atoms with E-state index in [1.54, 1.807) is 0 Å². The number of nitrogens with two attached hydrogens (primary N) is 1. The maximum Gasteiger partial charge on any atom is 0.0752 e. The third kappa shape index (κ3) is 3.61. The maximum absolute atomic E-state index is 5.98. The molecule has 140 valence electrons. The van der Waals surface area contributed by atoms with Crippen molar-refractivity contribution in [2.24, 2.45) is 5.73 Å². The van der Waals surface area contributed by atoms with Gasteiger partial charge in [-0.1, -0.05) is 18.2 Å². The first kappa shape index (κ1) is 17.8. The van der Waals surface area contributed by atoms with Gasteiger partial charge in [0, 0.05) is 61.2 Å². The number of hydrogen-bond donors (Lipinski definition) is 2. The zero-order valence-electron chi connectivity index (χ0n) is 16.1. The first-order valence-electron chi connectivity index (χ1n) is 9.53. The van der Waals surface area contributed by atoms with Crippen LogP contribution in [0.4, 0.5) is 17.1 Å². The summed E-state index contributed by atoms with van der Waals surface area (Å²) in [5, 5.41) is 4.70. The highest BCUT2D eigenvalue weighted by Crippen LogP contribution is 2.31. The number of benzene rings is 2. The molecule has 1 aliphatic rings. The van der Waals surface area contributed by atoms with E-state index in [2.05, 4.69) is 76.5 Å². The summed E-state index contributed by atoms with van der Waals surface area (Å²) < 4.78 is 0. The van der Waals surface area contributed by atoms with Crippen LogP contribution in [0.15, 0.2) is 48.7 Å². The second-order valence-electron chi connectivity index (χ2n) is 7.30. The van der Waals surface area contributed by atoms with E-state index in [1.165, 1.54) is 11.3 Å². The van der Waals surface area contributed by atoms with Crippen molar-refractivity contribution in [3.8, 4) is 0 Å². The number of fused-ring (bicyclic) bond motifs is 1. The van der Waals surface area contributed by atoms with E-state index in [0.29, 0.717) is 6.54 Å². The number of aryl methyl sites for hydroxylation is 1. The van der Waals surface area contributed by atoms with Crippen molar-refractivity contribution in [3.05, 3.63) is 59.8 Å². The van der Waals surface area contributed by atoms with Crippen molar-refractivity contribution < 1.29 is 0 Å². The lowest BCUT2D eigenvalue weighted by atomic mass is 10.1. The van der Waals surface area contributed by atoms with E-state index in [4.69, 9.17) is 5.73 Å². The molecule has 2 heterocycles. The van der Waals surface area contributed by atoms with Crippen LogP contribution in [-0.4, -0.2) is 43.1 Å². The van der Waals surface area contributed by atoms with Crippen molar-refractivity contribution in [2.45, 2.75) is 13.5 Å². The summed E-state index contributed by atoms with van der Waals surface area (Å²) in [5.41, 5.74) is 12.6. The molecule has 0 unspecified atom stereocenters. The third-order valence-electron chi connectivity index (χ3n) is 5.40. The molecule has 1 fully saturated rings. The van der Waals surface area contributed by atoms with Gasteiger partial charge in [0.2, 0.25) is 0 Å². The quantitative estimate of drug-likeness (QED) is 0.745. The number of rotatable bonds is 4. The first-order valence-corrected chi connectivity index (χ1v) is 9.53. The molecule has 3 N–H and O–H groups in total. The molecule has 0 radical (unpaired) electrons. The molecule has 1 saturated heterocycles. The lowest BCUT2D eigenvalue weighted by Gasteiger charge is -2.34. The van der Waals surface area contributed by atoms with Crippen LogP contribution in [0.25, 0.3) is 10.9 Å². The molecule has 1 aromatic heterocycles. The predicted molar refractivity (Wildman–Crippen MR) is 114 cm³/mol. The number of nitrogens with one attached hydrogen (secondary N) is 1. The number of likely N-dealkylation sites (N-methyl/N-ethyl adjacent to an activating group) is 1. The normalized spacial score (nSPS) is 15.3. The average molecular weight is 361 g/mol. The Morgan fingerprint density at radius 1 is 1.04 bits per heavy atom. The minimum absolute atomic E-state index is 0.457. The fourth-order valence-corrected chi connectivity index (χ4v) is 3.68. The highest BCUT2D eigenvalue weighted by molar-refractivity contribution is 5.96. The minimum atomic E-state index is 0.457. The zero-order chi connectivity index (χ0) is 18.8. The topological polar surface area (TPSA) is 57.4 Å². The first-order chi connectivity index (χ1) is 13.2. The second-order valence-corrected chi connectivity index (χ2v) is 7.30. The number of aromatic nitrogens is 1.